The molecule has 23 heavy (non-hydrogen) atoms. The Balaban J connectivity index is 2.15. The van der Waals surface area contributed by atoms with E-state index in [1.807, 2.05) is 0 Å². The van der Waals surface area contributed by atoms with Crippen LogP contribution in [-0.2, 0) is 4.74 Å². The number of nitro groups is 1. The van der Waals surface area contributed by atoms with E-state index in [-0.39, 0.29) is 17.0 Å². The van der Waals surface area contributed by atoms with Crippen molar-refractivity contribution in [1.82, 2.24) is 0 Å². The lowest BCUT2D eigenvalue weighted by Gasteiger charge is -2.14. The minimum absolute atomic E-state index is 0.0216. The summed E-state index contributed by atoms with van der Waals surface area (Å²) in [6.45, 7) is 1.58. The highest BCUT2D eigenvalue weighted by atomic mass is 19.1. The van der Waals surface area contributed by atoms with Crippen LogP contribution in [0.5, 0.6) is 5.75 Å². The van der Waals surface area contributed by atoms with Gasteiger partial charge in [-0.25, -0.2) is 9.18 Å². The van der Waals surface area contributed by atoms with Crippen LogP contribution < -0.4 is 4.74 Å². The molecule has 0 aliphatic heterocycles. The Morgan fingerprint density at radius 3 is 2.61 bits per heavy atom. The summed E-state index contributed by atoms with van der Waals surface area (Å²) < 4.78 is 23.6. The average molecular weight is 319 g/mol. The van der Waals surface area contributed by atoms with E-state index in [2.05, 4.69) is 0 Å². The molecule has 0 radical (unpaired) electrons. The number of non-ortho nitro benzene ring substituents is 1. The molecule has 0 aliphatic rings. The van der Waals surface area contributed by atoms with Crippen molar-refractivity contribution < 1.29 is 23.6 Å². The molecule has 0 bridgehead atoms. The molecule has 2 aromatic carbocycles. The van der Waals surface area contributed by atoms with E-state index < -0.39 is 22.8 Å². The standard InChI is InChI=1S/C16H14FNO5/c1-10(11-4-3-5-13(8-11)18(20)21)23-16(19)12-6-7-15(22-2)14(17)9-12/h3-10H,1-2H3/t10-/m0/s1. The van der Waals surface area contributed by atoms with Gasteiger partial charge in [0, 0.05) is 12.1 Å². The molecule has 0 fully saturated rings. The predicted octanol–water partition coefficient (Wildman–Crippen LogP) is 3.66. The topological polar surface area (TPSA) is 78.7 Å². The summed E-state index contributed by atoms with van der Waals surface area (Å²) in [7, 11) is 1.32. The predicted molar refractivity (Wildman–Crippen MR) is 79.9 cm³/mol. The molecule has 2 rings (SSSR count). The number of carbonyl (C=O) groups is 1. The second-order valence-corrected chi connectivity index (χ2v) is 4.75. The average Bonchev–Trinajstić information content (AvgIpc) is 2.54. The first-order valence-corrected chi connectivity index (χ1v) is 6.71. The van der Waals surface area contributed by atoms with Crippen LogP contribution in [0, 0.1) is 15.9 Å². The van der Waals surface area contributed by atoms with Gasteiger partial charge in [-0.1, -0.05) is 12.1 Å². The summed E-state index contributed by atoms with van der Waals surface area (Å²) in [6.07, 6.45) is -0.715. The first-order valence-electron chi connectivity index (χ1n) is 6.71. The second-order valence-electron chi connectivity index (χ2n) is 4.75. The molecule has 1 atom stereocenters. The van der Waals surface area contributed by atoms with Crippen LogP contribution in [0.2, 0.25) is 0 Å². The third-order valence-electron chi connectivity index (χ3n) is 3.22. The highest BCUT2D eigenvalue weighted by Gasteiger charge is 2.17. The van der Waals surface area contributed by atoms with Crippen molar-refractivity contribution in [2.24, 2.45) is 0 Å². The molecular weight excluding hydrogens is 305 g/mol. The summed E-state index contributed by atoms with van der Waals surface area (Å²) in [5.74, 6) is -1.39. The first-order chi connectivity index (χ1) is 10.9. The molecular formula is C16H14FNO5. The minimum atomic E-state index is -0.731. The molecule has 0 unspecified atom stereocenters. The third-order valence-corrected chi connectivity index (χ3v) is 3.22. The second kappa shape index (κ2) is 6.87. The Morgan fingerprint density at radius 1 is 1.26 bits per heavy atom. The maximum absolute atomic E-state index is 13.6. The molecule has 0 aliphatic carbocycles. The van der Waals surface area contributed by atoms with E-state index in [0.29, 0.717) is 5.56 Å². The number of nitro benzene ring substituents is 1. The summed E-state index contributed by atoms with van der Waals surface area (Å²) in [5, 5.41) is 10.8. The van der Waals surface area contributed by atoms with Crippen molar-refractivity contribution in [1.29, 1.82) is 0 Å². The number of hydrogen-bond acceptors (Lipinski definition) is 5. The summed E-state index contributed by atoms with van der Waals surface area (Å²) in [5.41, 5.74) is 0.406. The molecule has 2 aromatic rings. The first kappa shape index (κ1) is 16.4. The van der Waals surface area contributed by atoms with E-state index in [4.69, 9.17) is 9.47 Å². The quantitative estimate of drug-likeness (QED) is 0.477. The number of ether oxygens (including phenoxy) is 2. The molecule has 7 heteroatoms. The highest BCUT2D eigenvalue weighted by Crippen LogP contribution is 2.24. The van der Waals surface area contributed by atoms with E-state index in [1.54, 1.807) is 13.0 Å². The smallest absolute Gasteiger partial charge is 0.338 e. The summed E-state index contributed by atoms with van der Waals surface area (Å²) in [6, 6.07) is 9.50. The Morgan fingerprint density at radius 2 is 2.00 bits per heavy atom. The normalized spacial score (nSPS) is 11.6. The zero-order valence-electron chi connectivity index (χ0n) is 12.5. The molecule has 0 saturated heterocycles. The molecule has 0 N–H and O–H groups in total. The van der Waals surface area contributed by atoms with E-state index in [1.165, 1.54) is 37.4 Å². The van der Waals surface area contributed by atoms with Crippen molar-refractivity contribution in [3.05, 3.63) is 69.5 Å². The Labute approximate surface area is 131 Å². The van der Waals surface area contributed by atoms with Crippen molar-refractivity contribution in [2.45, 2.75) is 13.0 Å². The lowest BCUT2D eigenvalue weighted by molar-refractivity contribution is -0.385. The van der Waals surface area contributed by atoms with Crippen molar-refractivity contribution >= 4 is 11.7 Å². The fourth-order valence-electron chi connectivity index (χ4n) is 1.98. The molecule has 120 valence electrons. The Bertz CT molecular complexity index is 747. The van der Waals surface area contributed by atoms with Gasteiger partial charge in [0.2, 0.25) is 0 Å². The van der Waals surface area contributed by atoms with Crippen LogP contribution in [0.25, 0.3) is 0 Å². The number of rotatable bonds is 5. The van der Waals surface area contributed by atoms with Crippen molar-refractivity contribution in [2.75, 3.05) is 7.11 Å². The minimum Gasteiger partial charge on any atom is -0.494 e. The fraction of sp³-hybridized carbons (Fsp3) is 0.188. The number of esters is 1. The van der Waals surface area contributed by atoms with Crippen LogP contribution >= 0.6 is 0 Å². The van der Waals surface area contributed by atoms with Gasteiger partial charge in [-0.15, -0.1) is 0 Å². The summed E-state index contributed by atoms with van der Waals surface area (Å²) >= 11 is 0. The number of benzene rings is 2. The zero-order chi connectivity index (χ0) is 17.0. The van der Waals surface area contributed by atoms with Gasteiger partial charge in [0.05, 0.1) is 17.6 Å². The van der Waals surface area contributed by atoms with Gasteiger partial charge in [0.1, 0.15) is 6.10 Å². The molecule has 0 spiro atoms. The largest absolute Gasteiger partial charge is 0.494 e. The van der Waals surface area contributed by atoms with Gasteiger partial charge in [-0.2, -0.15) is 0 Å². The van der Waals surface area contributed by atoms with Crippen LogP contribution in [-0.4, -0.2) is 18.0 Å². The van der Waals surface area contributed by atoms with Crippen LogP contribution in [0.3, 0.4) is 0 Å². The van der Waals surface area contributed by atoms with Gasteiger partial charge in [0.15, 0.2) is 11.6 Å². The lowest BCUT2D eigenvalue weighted by Crippen LogP contribution is -2.10. The number of halogens is 1. The van der Waals surface area contributed by atoms with Crippen LogP contribution in [0.15, 0.2) is 42.5 Å². The maximum Gasteiger partial charge on any atom is 0.338 e. The highest BCUT2D eigenvalue weighted by molar-refractivity contribution is 5.89. The Hall–Kier alpha value is -2.96. The molecule has 0 saturated carbocycles. The number of methoxy groups -OCH3 is 1. The van der Waals surface area contributed by atoms with E-state index in [9.17, 15) is 19.3 Å². The van der Waals surface area contributed by atoms with Gasteiger partial charge < -0.3 is 9.47 Å². The lowest BCUT2D eigenvalue weighted by atomic mass is 10.1. The molecule has 0 heterocycles. The van der Waals surface area contributed by atoms with Crippen LogP contribution in [0.4, 0.5) is 10.1 Å². The number of nitrogens with zero attached hydrogens (tertiary/aromatic N) is 1. The van der Waals surface area contributed by atoms with Gasteiger partial charge >= 0.3 is 5.97 Å². The third kappa shape index (κ3) is 3.82. The van der Waals surface area contributed by atoms with E-state index >= 15 is 0 Å². The number of carbonyl (C=O) groups excluding carboxylic acids is 1. The van der Waals surface area contributed by atoms with Gasteiger partial charge in [0.25, 0.3) is 5.69 Å². The SMILES string of the molecule is COc1ccc(C(=O)O[C@@H](C)c2cccc([N+](=O)[O-])c2)cc1F. The Kier molecular flexibility index (Phi) is 4.90. The zero-order valence-corrected chi connectivity index (χ0v) is 12.5. The maximum atomic E-state index is 13.6. The molecule has 0 amide bonds. The van der Waals surface area contributed by atoms with Gasteiger partial charge in [-0.05, 0) is 30.7 Å². The van der Waals surface area contributed by atoms with E-state index in [0.717, 1.165) is 6.07 Å². The van der Waals surface area contributed by atoms with Gasteiger partial charge in [-0.3, -0.25) is 10.1 Å². The monoisotopic (exact) mass is 319 g/mol. The number of hydrogen-bond donors (Lipinski definition) is 0. The van der Waals surface area contributed by atoms with Crippen LogP contribution in [0.1, 0.15) is 28.9 Å². The summed E-state index contributed by atoms with van der Waals surface area (Å²) in [4.78, 5) is 22.3. The fourth-order valence-corrected chi connectivity index (χ4v) is 1.98. The van der Waals surface area contributed by atoms with Crippen molar-refractivity contribution in [3.63, 3.8) is 0 Å². The molecule has 6 nitrogen and oxygen atoms in total. The van der Waals surface area contributed by atoms with Crippen molar-refractivity contribution in [3.8, 4) is 5.75 Å². The molecule has 0 aromatic heterocycles.